The fourth-order valence-corrected chi connectivity index (χ4v) is 3.50. The summed E-state index contributed by atoms with van der Waals surface area (Å²) >= 11 is 0. The fraction of sp³-hybridized carbons (Fsp3) is 0.562. The second-order valence-electron chi connectivity index (χ2n) is 5.78. The Morgan fingerprint density at radius 3 is 2.59 bits per heavy atom. The van der Waals surface area contributed by atoms with Gasteiger partial charge < -0.3 is 10.2 Å². The molecule has 1 N–H and O–H groups in total. The molecule has 1 heterocycles. The third-order valence-electron chi connectivity index (χ3n) is 3.98. The van der Waals surface area contributed by atoms with E-state index in [1.807, 2.05) is 11.8 Å². The molecule has 1 aliphatic heterocycles. The van der Waals surface area contributed by atoms with Crippen LogP contribution in [0.3, 0.4) is 0 Å². The predicted molar refractivity (Wildman–Crippen MR) is 86.8 cm³/mol. The molecule has 1 aromatic rings. The quantitative estimate of drug-likeness (QED) is 0.895. The Morgan fingerprint density at radius 2 is 2.00 bits per heavy atom. The van der Waals surface area contributed by atoms with Gasteiger partial charge >= 0.3 is 0 Å². The van der Waals surface area contributed by atoms with Crippen LogP contribution in [0.2, 0.25) is 0 Å². The van der Waals surface area contributed by atoms with Crippen molar-refractivity contribution in [3.63, 3.8) is 0 Å². The SMILES string of the molecule is CCCN(C(=O)c1cccc(S(C)(=O)=O)c1)C1CCNCC1. The molecule has 1 aliphatic rings. The van der Waals surface area contributed by atoms with Gasteiger partial charge in [0.1, 0.15) is 0 Å². The molecule has 2 rings (SSSR count). The van der Waals surface area contributed by atoms with E-state index in [0.717, 1.165) is 38.6 Å². The number of nitrogens with zero attached hydrogens (tertiary/aromatic N) is 1. The summed E-state index contributed by atoms with van der Waals surface area (Å²) in [4.78, 5) is 14.9. The number of sulfone groups is 1. The number of hydrogen-bond donors (Lipinski definition) is 1. The molecule has 1 amide bonds. The molecular formula is C16H24N2O3S. The highest BCUT2D eigenvalue weighted by atomic mass is 32.2. The minimum atomic E-state index is -3.30. The summed E-state index contributed by atoms with van der Waals surface area (Å²) in [6.45, 7) is 4.59. The largest absolute Gasteiger partial charge is 0.336 e. The minimum Gasteiger partial charge on any atom is -0.336 e. The molecule has 0 aromatic heterocycles. The number of piperidine rings is 1. The Morgan fingerprint density at radius 1 is 1.32 bits per heavy atom. The lowest BCUT2D eigenvalue weighted by atomic mass is 10.0. The van der Waals surface area contributed by atoms with Gasteiger partial charge in [0.2, 0.25) is 0 Å². The highest BCUT2D eigenvalue weighted by Gasteiger charge is 2.26. The number of carbonyl (C=O) groups is 1. The highest BCUT2D eigenvalue weighted by molar-refractivity contribution is 7.90. The van der Waals surface area contributed by atoms with Crippen LogP contribution < -0.4 is 5.32 Å². The monoisotopic (exact) mass is 324 g/mol. The van der Waals surface area contributed by atoms with Crippen LogP contribution >= 0.6 is 0 Å². The van der Waals surface area contributed by atoms with E-state index in [-0.39, 0.29) is 16.8 Å². The van der Waals surface area contributed by atoms with Crippen LogP contribution in [0.15, 0.2) is 29.2 Å². The molecule has 0 aliphatic carbocycles. The topological polar surface area (TPSA) is 66.5 Å². The Labute approximate surface area is 132 Å². The molecule has 0 saturated carbocycles. The third-order valence-corrected chi connectivity index (χ3v) is 5.09. The summed E-state index contributed by atoms with van der Waals surface area (Å²) in [5.74, 6) is -0.0701. The van der Waals surface area contributed by atoms with Crippen LogP contribution in [0, 0.1) is 0 Å². The van der Waals surface area contributed by atoms with Crippen molar-refractivity contribution in [2.75, 3.05) is 25.9 Å². The van der Waals surface area contributed by atoms with Gasteiger partial charge in [-0.15, -0.1) is 0 Å². The molecule has 0 radical (unpaired) electrons. The molecule has 22 heavy (non-hydrogen) atoms. The fourth-order valence-electron chi connectivity index (χ4n) is 2.83. The van der Waals surface area contributed by atoms with Crippen LogP contribution in [0.1, 0.15) is 36.5 Å². The summed E-state index contributed by atoms with van der Waals surface area (Å²) in [7, 11) is -3.30. The average Bonchev–Trinajstić information content (AvgIpc) is 2.52. The molecule has 0 atom stereocenters. The summed E-state index contributed by atoms with van der Waals surface area (Å²) < 4.78 is 23.3. The van der Waals surface area contributed by atoms with Gasteiger partial charge in [-0.2, -0.15) is 0 Å². The number of hydrogen-bond acceptors (Lipinski definition) is 4. The van der Waals surface area contributed by atoms with Gasteiger partial charge in [0, 0.05) is 24.4 Å². The highest BCUT2D eigenvalue weighted by Crippen LogP contribution is 2.18. The van der Waals surface area contributed by atoms with Crippen LogP contribution in [0.5, 0.6) is 0 Å². The summed E-state index contributed by atoms with van der Waals surface area (Å²) in [5.41, 5.74) is 0.454. The maximum absolute atomic E-state index is 12.8. The summed E-state index contributed by atoms with van der Waals surface area (Å²) in [6, 6.07) is 6.58. The second kappa shape index (κ2) is 7.24. The number of amides is 1. The lowest BCUT2D eigenvalue weighted by molar-refractivity contribution is 0.0642. The molecule has 1 fully saturated rings. The molecular weight excluding hydrogens is 300 g/mol. The van der Waals surface area contributed by atoms with Gasteiger partial charge in [0.05, 0.1) is 4.90 Å². The lowest BCUT2D eigenvalue weighted by Gasteiger charge is -2.34. The molecule has 5 nitrogen and oxygen atoms in total. The molecule has 122 valence electrons. The van der Waals surface area contributed by atoms with Gasteiger partial charge in [0.25, 0.3) is 5.91 Å². The van der Waals surface area contributed by atoms with Crippen LogP contribution in [0.25, 0.3) is 0 Å². The molecule has 6 heteroatoms. The van der Waals surface area contributed by atoms with Crippen molar-refractivity contribution >= 4 is 15.7 Å². The third kappa shape index (κ3) is 4.08. The van der Waals surface area contributed by atoms with Crippen LogP contribution in [-0.4, -0.2) is 51.2 Å². The standard InChI is InChI=1S/C16H24N2O3S/c1-3-11-18(14-7-9-17-10-8-14)16(19)13-5-4-6-15(12-13)22(2,20)21/h4-6,12,14,17H,3,7-11H2,1-2H3. The van der Waals surface area contributed by atoms with Crippen molar-refractivity contribution in [3.8, 4) is 0 Å². The van der Waals surface area contributed by atoms with E-state index in [9.17, 15) is 13.2 Å². The van der Waals surface area contributed by atoms with Crippen molar-refractivity contribution in [1.82, 2.24) is 10.2 Å². The normalized spacial score (nSPS) is 16.5. The zero-order valence-corrected chi connectivity index (χ0v) is 14.0. The van der Waals surface area contributed by atoms with E-state index < -0.39 is 9.84 Å². The number of rotatable bonds is 5. The maximum Gasteiger partial charge on any atom is 0.254 e. The minimum absolute atomic E-state index is 0.0701. The molecule has 0 unspecified atom stereocenters. The molecule has 1 aromatic carbocycles. The first-order chi connectivity index (χ1) is 10.4. The average molecular weight is 324 g/mol. The predicted octanol–water partition coefficient (Wildman–Crippen LogP) is 1.69. The lowest BCUT2D eigenvalue weighted by Crippen LogP contribution is -2.46. The Bertz CT molecular complexity index is 622. The van der Waals surface area contributed by atoms with Gasteiger partial charge in [-0.25, -0.2) is 8.42 Å². The van der Waals surface area contributed by atoms with E-state index in [1.54, 1.807) is 12.1 Å². The van der Waals surface area contributed by atoms with Crippen LogP contribution in [-0.2, 0) is 9.84 Å². The Kier molecular flexibility index (Phi) is 5.58. The number of benzene rings is 1. The second-order valence-corrected chi connectivity index (χ2v) is 7.80. The first-order valence-corrected chi connectivity index (χ1v) is 9.64. The van der Waals surface area contributed by atoms with Crippen molar-refractivity contribution in [1.29, 1.82) is 0 Å². The summed E-state index contributed by atoms with van der Waals surface area (Å²) in [5, 5.41) is 3.30. The smallest absolute Gasteiger partial charge is 0.254 e. The van der Waals surface area contributed by atoms with Crippen molar-refractivity contribution in [2.24, 2.45) is 0 Å². The van der Waals surface area contributed by atoms with Crippen molar-refractivity contribution < 1.29 is 13.2 Å². The van der Waals surface area contributed by atoms with Gasteiger partial charge in [-0.3, -0.25) is 4.79 Å². The zero-order valence-electron chi connectivity index (χ0n) is 13.2. The van der Waals surface area contributed by atoms with Gasteiger partial charge in [0.15, 0.2) is 9.84 Å². The summed E-state index contributed by atoms with van der Waals surface area (Å²) in [6.07, 6.45) is 3.93. The molecule has 1 saturated heterocycles. The van der Waals surface area contributed by atoms with E-state index in [0.29, 0.717) is 12.1 Å². The Hall–Kier alpha value is -1.40. The Balaban J connectivity index is 2.26. The van der Waals surface area contributed by atoms with Crippen LogP contribution in [0.4, 0.5) is 0 Å². The van der Waals surface area contributed by atoms with Crippen molar-refractivity contribution in [3.05, 3.63) is 29.8 Å². The zero-order chi connectivity index (χ0) is 16.2. The van der Waals surface area contributed by atoms with E-state index in [2.05, 4.69) is 5.32 Å². The first kappa shape index (κ1) is 17.0. The van der Waals surface area contributed by atoms with Gasteiger partial charge in [-0.1, -0.05) is 13.0 Å². The van der Waals surface area contributed by atoms with Crippen molar-refractivity contribution in [2.45, 2.75) is 37.1 Å². The van der Waals surface area contributed by atoms with E-state index in [1.165, 1.54) is 12.1 Å². The van der Waals surface area contributed by atoms with E-state index in [4.69, 9.17) is 0 Å². The van der Waals surface area contributed by atoms with E-state index >= 15 is 0 Å². The van der Waals surface area contributed by atoms with Gasteiger partial charge in [-0.05, 0) is 50.6 Å². The molecule has 0 spiro atoms. The molecule has 0 bridgehead atoms. The maximum atomic E-state index is 12.8. The number of nitrogens with one attached hydrogen (secondary N) is 1. The number of carbonyl (C=O) groups excluding carboxylic acids is 1. The first-order valence-electron chi connectivity index (χ1n) is 7.75.